The maximum absolute atomic E-state index is 11.7. The molecule has 0 aromatic rings. The van der Waals surface area contributed by atoms with Crippen LogP contribution in [-0.2, 0) is 4.79 Å². The lowest BCUT2D eigenvalue weighted by Gasteiger charge is -2.21. The summed E-state index contributed by atoms with van der Waals surface area (Å²) >= 11 is 1.70. The van der Waals surface area contributed by atoms with Gasteiger partial charge >= 0.3 is 0 Å². The molecule has 0 bridgehead atoms. The van der Waals surface area contributed by atoms with E-state index < -0.39 is 0 Å². The number of hydrogen-bond donors (Lipinski definition) is 1. The molecule has 0 fully saturated rings. The highest BCUT2D eigenvalue weighted by Gasteiger charge is 2.15. The zero-order valence-electron chi connectivity index (χ0n) is 10.6. The smallest absolute Gasteiger partial charge is 0.232 e. The first-order valence-electron chi connectivity index (χ1n) is 5.39. The highest BCUT2D eigenvalue weighted by atomic mass is 32.2. The highest BCUT2D eigenvalue weighted by molar-refractivity contribution is 8.01. The molecule has 4 heteroatoms. The summed E-state index contributed by atoms with van der Waals surface area (Å²) in [5, 5.41) is 3.08. The summed E-state index contributed by atoms with van der Waals surface area (Å²) in [7, 11) is 3.80. The van der Waals surface area contributed by atoms with E-state index in [2.05, 4.69) is 26.1 Å². The Bertz CT molecular complexity index is 190. The summed E-state index contributed by atoms with van der Waals surface area (Å²) in [4.78, 5) is 13.5. The average Bonchev–Trinajstić information content (AvgIpc) is 2.13. The summed E-state index contributed by atoms with van der Waals surface area (Å²) in [6.45, 7) is 8.19. The first kappa shape index (κ1) is 14.8. The van der Waals surface area contributed by atoms with E-state index in [1.807, 2.05) is 19.0 Å². The maximum atomic E-state index is 11.7. The largest absolute Gasteiger partial charge is 0.345 e. The van der Waals surface area contributed by atoms with Crippen molar-refractivity contribution >= 4 is 17.7 Å². The van der Waals surface area contributed by atoms with Gasteiger partial charge in [-0.3, -0.25) is 4.79 Å². The first-order chi connectivity index (χ1) is 6.87. The third-order valence-electron chi connectivity index (χ3n) is 1.97. The van der Waals surface area contributed by atoms with Gasteiger partial charge in [-0.15, -0.1) is 11.8 Å². The van der Waals surface area contributed by atoms with E-state index in [9.17, 15) is 4.79 Å². The predicted octanol–water partition coefficient (Wildman–Crippen LogP) is 1.59. The van der Waals surface area contributed by atoms with Crippen molar-refractivity contribution in [3.63, 3.8) is 0 Å². The molecule has 0 rings (SSSR count). The lowest BCUT2D eigenvalue weighted by Crippen LogP contribution is -2.31. The van der Waals surface area contributed by atoms with Crippen molar-refractivity contribution in [2.75, 3.05) is 32.9 Å². The predicted molar refractivity (Wildman–Crippen MR) is 68.4 cm³/mol. The lowest BCUT2D eigenvalue weighted by molar-refractivity contribution is -0.127. The fourth-order valence-corrected chi connectivity index (χ4v) is 1.78. The topological polar surface area (TPSA) is 32.3 Å². The first-order valence-corrected chi connectivity index (χ1v) is 6.38. The number of amides is 1. The molecule has 90 valence electrons. The number of thioether (sulfide) groups is 1. The number of carbonyl (C=O) groups excluding carboxylic acids is 1. The molecule has 0 aromatic carbocycles. The van der Waals surface area contributed by atoms with Crippen molar-refractivity contribution in [1.29, 1.82) is 0 Å². The summed E-state index contributed by atoms with van der Waals surface area (Å²) in [5.41, 5.74) is 0. The van der Waals surface area contributed by atoms with Crippen LogP contribution in [0.5, 0.6) is 0 Å². The number of hydrogen-bond acceptors (Lipinski definition) is 3. The molecular formula is C11H24N2OS. The van der Waals surface area contributed by atoms with Gasteiger partial charge in [0, 0.05) is 18.3 Å². The number of rotatable bonds is 6. The van der Waals surface area contributed by atoms with Crippen molar-refractivity contribution in [3.8, 4) is 0 Å². The monoisotopic (exact) mass is 232 g/mol. The zero-order valence-corrected chi connectivity index (χ0v) is 11.4. The Kier molecular flexibility index (Phi) is 7.02. The molecule has 0 aliphatic carbocycles. The number of carbonyl (C=O) groups is 1. The fraction of sp³-hybridized carbons (Fsp3) is 0.909. The van der Waals surface area contributed by atoms with Gasteiger partial charge < -0.3 is 10.2 Å². The van der Waals surface area contributed by atoms with Gasteiger partial charge in [0.2, 0.25) is 5.91 Å². The van der Waals surface area contributed by atoms with Gasteiger partial charge in [0.05, 0.1) is 5.75 Å². The van der Waals surface area contributed by atoms with Crippen molar-refractivity contribution in [2.45, 2.75) is 31.9 Å². The van der Waals surface area contributed by atoms with E-state index >= 15 is 0 Å². The van der Waals surface area contributed by atoms with Crippen LogP contribution in [0.2, 0.25) is 0 Å². The third kappa shape index (κ3) is 8.75. The molecule has 0 spiro atoms. The van der Waals surface area contributed by atoms with Gasteiger partial charge in [-0.25, -0.2) is 0 Å². The normalized spacial score (nSPS) is 11.5. The lowest BCUT2D eigenvalue weighted by atomic mass is 10.3. The molecule has 0 saturated heterocycles. The van der Waals surface area contributed by atoms with Crippen LogP contribution in [0.25, 0.3) is 0 Å². The van der Waals surface area contributed by atoms with Crippen LogP contribution in [-0.4, -0.2) is 48.5 Å². The Hall–Kier alpha value is -0.220. The second-order valence-electron chi connectivity index (χ2n) is 4.67. The van der Waals surface area contributed by atoms with E-state index in [0.29, 0.717) is 5.75 Å². The molecule has 15 heavy (non-hydrogen) atoms. The van der Waals surface area contributed by atoms with Crippen LogP contribution in [0.1, 0.15) is 27.2 Å². The summed E-state index contributed by atoms with van der Waals surface area (Å²) in [5.74, 6) is 0.811. The molecule has 1 amide bonds. The van der Waals surface area contributed by atoms with Gasteiger partial charge in [-0.1, -0.05) is 20.8 Å². The van der Waals surface area contributed by atoms with E-state index in [1.165, 1.54) is 0 Å². The molecule has 3 nitrogen and oxygen atoms in total. The Balaban J connectivity index is 3.70. The van der Waals surface area contributed by atoms with Crippen LogP contribution in [0.4, 0.5) is 0 Å². The van der Waals surface area contributed by atoms with Crippen LogP contribution in [0, 0.1) is 0 Å². The van der Waals surface area contributed by atoms with Crippen molar-refractivity contribution in [1.82, 2.24) is 10.2 Å². The van der Waals surface area contributed by atoms with Gasteiger partial charge in [0.1, 0.15) is 0 Å². The molecular weight excluding hydrogens is 208 g/mol. The van der Waals surface area contributed by atoms with Crippen LogP contribution in [0.15, 0.2) is 0 Å². The minimum atomic E-state index is 0.168. The van der Waals surface area contributed by atoms with Crippen LogP contribution in [0.3, 0.4) is 0 Å². The van der Waals surface area contributed by atoms with E-state index in [-0.39, 0.29) is 10.7 Å². The standard InChI is InChI=1S/C11H24N2OS/c1-11(2,3)15-9-10(14)13(5)8-6-7-12-4/h12H,6-9H2,1-5H3. The molecule has 0 aliphatic rings. The molecule has 1 N–H and O–H groups in total. The van der Waals surface area contributed by atoms with E-state index in [0.717, 1.165) is 19.5 Å². The Morgan fingerprint density at radius 3 is 2.47 bits per heavy atom. The van der Waals surface area contributed by atoms with E-state index in [1.54, 1.807) is 11.8 Å². The molecule has 0 unspecified atom stereocenters. The summed E-state index contributed by atoms with van der Waals surface area (Å²) in [6.07, 6.45) is 1.01. The SMILES string of the molecule is CNCCCN(C)C(=O)CSC(C)(C)C. The van der Waals surface area contributed by atoms with Crippen molar-refractivity contribution in [3.05, 3.63) is 0 Å². The Morgan fingerprint density at radius 2 is 2.00 bits per heavy atom. The molecule has 0 radical (unpaired) electrons. The maximum Gasteiger partial charge on any atom is 0.232 e. The Labute approximate surface area is 98.0 Å². The van der Waals surface area contributed by atoms with Gasteiger partial charge in [0.25, 0.3) is 0 Å². The number of nitrogens with zero attached hydrogens (tertiary/aromatic N) is 1. The molecule has 0 saturated carbocycles. The molecule has 0 heterocycles. The second-order valence-corrected chi connectivity index (χ2v) is 6.48. The van der Waals surface area contributed by atoms with Gasteiger partial charge in [0.15, 0.2) is 0 Å². The quantitative estimate of drug-likeness (QED) is 0.706. The molecule has 0 atom stereocenters. The third-order valence-corrected chi connectivity index (χ3v) is 3.23. The number of nitrogens with one attached hydrogen (secondary N) is 1. The molecule has 0 aromatic heterocycles. The minimum Gasteiger partial charge on any atom is -0.345 e. The minimum absolute atomic E-state index is 0.168. The summed E-state index contributed by atoms with van der Waals surface area (Å²) in [6, 6.07) is 0. The fourth-order valence-electron chi connectivity index (χ4n) is 1.01. The van der Waals surface area contributed by atoms with Gasteiger partial charge in [-0.05, 0) is 20.0 Å². The van der Waals surface area contributed by atoms with E-state index in [4.69, 9.17) is 0 Å². The highest BCUT2D eigenvalue weighted by Crippen LogP contribution is 2.22. The van der Waals surface area contributed by atoms with Crippen molar-refractivity contribution < 1.29 is 4.79 Å². The van der Waals surface area contributed by atoms with Crippen molar-refractivity contribution in [2.24, 2.45) is 0 Å². The molecule has 0 aliphatic heterocycles. The summed E-state index contributed by atoms with van der Waals surface area (Å²) < 4.78 is 0.168. The Morgan fingerprint density at radius 1 is 1.40 bits per heavy atom. The average molecular weight is 232 g/mol. The van der Waals surface area contributed by atoms with Gasteiger partial charge in [-0.2, -0.15) is 0 Å². The van der Waals surface area contributed by atoms with Crippen LogP contribution < -0.4 is 5.32 Å². The second kappa shape index (κ2) is 7.12. The zero-order chi connectivity index (χ0) is 11.9. The van der Waals surface area contributed by atoms with Crippen LogP contribution >= 0.6 is 11.8 Å².